The second kappa shape index (κ2) is 7.25. The van der Waals surface area contributed by atoms with E-state index < -0.39 is 0 Å². The van der Waals surface area contributed by atoms with Crippen molar-refractivity contribution in [3.05, 3.63) is 0 Å². The van der Waals surface area contributed by atoms with Crippen LogP contribution in [-0.2, 0) is 0 Å². The highest BCUT2D eigenvalue weighted by Gasteiger charge is 2.24. The molecule has 3 atom stereocenters. The van der Waals surface area contributed by atoms with E-state index in [-0.39, 0.29) is 11.6 Å². The molecule has 0 heterocycles. The normalized spacial score (nSPS) is 19.5. The highest BCUT2D eigenvalue weighted by atomic mass is 15.1. The first-order chi connectivity index (χ1) is 7.34. The first kappa shape index (κ1) is 15.9. The predicted molar refractivity (Wildman–Crippen MR) is 72.7 cm³/mol. The maximum atomic E-state index is 5.89. The van der Waals surface area contributed by atoms with Gasteiger partial charge in [-0.15, -0.1) is 0 Å². The van der Waals surface area contributed by atoms with Crippen molar-refractivity contribution < 1.29 is 0 Å². The van der Waals surface area contributed by atoms with Crippen LogP contribution in [0.1, 0.15) is 47.0 Å². The topological polar surface area (TPSA) is 41.3 Å². The molecule has 0 spiro atoms. The van der Waals surface area contributed by atoms with Crippen molar-refractivity contribution in [2.45, 2.75) is 64.6 Å². The van der Waals surface area contributed by atoms with E-state index in [9.17, 15) is 0 Å². The third-order valence-electron chi connectivity index (χ3n) is 3.74. The van der Waals surface area contributed by atoms with E-state index >= 15 is 0 Å². The molecule has 0 aliphatic rings. The summed E-state index contributed by atoms with van der Waals surface area (Å²) in [5.41, 5.74) is 6.06. The number of hydrogen-bond donors (Lipinski definition) is 2. The maximum Gasteiger partial charge on any atom is 0.0177 e. The van der Waals surface area contributed by atoms with E-state index in [0.29, 0.717) is 6.04 Å². The monoisotopic (exact) mass is 229 g/mol. The molecule has 0 saturated heterocycles. The first-order valence-electron chi connectivity index (χ1n) is 6.49. The smallest absolute Gasteiger partial charge is 0.0177 e. The highest BCUT2D eigenvalue weighted by molar-refractivity contribution is 4.85. The van der Waals surface area contributed by atoms with Crippen LogP contribution in [0.15, 0.2) is 0 Å². The number of hydrogen-bond acceptors (Lipinski definition) is 3. The summed E-state index contributed by atoms with van der Waals surface area (Å²) in [7, 11) is 4.24. The highest BCUT2D eigenvalue weighted by Crippen LogP contribution is 2.17. The molecule has 0 aromatic heterocycles. The zero-order chi connectivity index (χ0) is 12.8. The van der Waals surface area contributed by atoms with Gasteiger partial charge in [0.25, 0.3) is 0 Å². The Bertz CT molecular complexity index is 182. The summed E-state index contributed by atoms with van der Waals surface area (Å²) < 4.78 is 0. The van der Waals surface area contributed by atoms with Gasteiger partial charge in [0.05, 0.1) is 0 Å². The van der Waals surface area contributed by atoms with Crippen LogP contribution in [0, 0.1) is 0 Å². The molecule has 0 aromatic carbocycles. The molecule has 0 aromatic rings. The number of nitrogens with zero attached hydrogens (tertiary/aromatic N) is 1. The van der Waals surface area contributed by atoms with Crippen molar-refractivity contribution in [1.82, 2.24) is 10.2 Å². The fourth-order valence-electron chi connectivity index (χ4n) is 1.99. The molecule has 3 heteroatoms. The molecule has 0 rings (SSSR count). The third kappa shape index (κ3) is 5.83. The summed E-state index contributed by atoms with van der Waals surface area (Å²) in [5.74, 6) is 0. The largest absolute Gasteiger partial charge is 0.328 e. The van der Waals surface area contributed by atoms with Crippen molar-refractivity contribution in [3.8, 4) is 0 Å². The van der Waals surface area contributed by atoms with E-state index in [1.165, 1.54) is 6.42 Å². The van der Waals surface area contributed by atoms with Gasteiger partial charge < -0.3 is 16.0 Å². The van der Waals surface area contributed by atoms with Gasteiger partial charge in [0.1, 0.15) is 0 Å². The molecule has 0 aliphatic heterocycles. The zero-order valence-corrected chi connectivity index (χ0v) is 12.0. The van der Waals surface area contributed by atoms with E-state index in [1.807, 2.05) is 7.05 Å². The average Bonchev–Trinajstić information content (AvgIpc) is 2.23. The number of rotatable bonds is 8. The van der Waals surface area contributed by atoms with E-state index in [0.717, 1.165) is 19.4 Å². The van der Waals surface area contributed by atoms with Crippen LogP contribution in [0.3, 0.4) is 0 Å². The lowest BCUT2D eigenvalue weighted by Gasteiger charge is -2.34. The second-order valence-corrected chi connectivity index (χ2v) is 5.48. The summed E-state index contributed by atoms with van der Waals surface area (Å²) in [5, 5.41) is 3.42. The van der Waals surface area contributed by atoms with Crippen LogP contribution < -0.4 is 11.1 Å². The van der Waals surface area contributed by atoms with Gasteiger partial charge in [-0.1, -0.05) is 6.92 Å². The van der Waals surface area contributed by atoms with Gasteiger partial charge in [-0.2, -0.15) is 0 Å². The Morgan fingerprint density at radius 3 is 2.31 bits per heavy atom. The second-order valence-electron chi connectivity index (χ2n) is 5.48. The Balaban J connectivity index is 4.12. The third-order valence-corrected chi connectivity index (χ3v) is 3.74. The lowest BCUT2D eigenvalue weighted by molar-refractivity contribution is 0.206. The van der Waals surface area contributed by atoms with Crippen LogP contribution in [0.2, 0.25) is 0 Å². The van der Waals surface area contributed by atoms with Crippen molar-refractivity contribution >= 4 is 0 Å². The van der Waals surface area contributed by atoms with Gasteiger partial charge in [-0.05, 0) is 60.7 Å². The maximum absolute atomic E-state index is 5.89. The Hall–Kier alpha value is -0.120. The Kier molecular flexibility index (Phi) is 7.20. The minimum atomic E-state index is 0.163. The van der Waals surface area contributed by atoms with E-state index in [2.05, 4.69) is 45.0 Å². The lowest BCUT2D eigenvalue weighted by atomic mass is 9.90. The average molecular weight is 229 g/mol. The van der Waals surface area contributed by atoms with Crippen molar-refractivity contribution in [2.24, 2.45) is 5.73 Å². The molecule has 98 valence electrons. The van der Waals surface area contributed by atoms with Crippen LogP contribution in [0.4, 0.5) is 0 Å². The minimum Gasteiger partial charge on any atom is -0.328 e. The molecule has 0 saturated carbocycles. The van der Waals surface area contributed by atoms with Gasteiger partial charge in [0.2, 0.25) is 0 Å². The van der Waals surface area contributed by atoms with E-state index in [4.69, 9.17) is 5.73 Å². The van der Waals surface area contributed by atoms with Gasteiger partial charge in [-0.3, -0.25) is 0 Å². The Morgan fingerprint density at radius 1 is 1.38 bits per heavy atom. The zero-order valence-electron chi connectivity index (χ0n) is 12.0. The molecule has 0 radical (unpaired) electrons. The first-order valence-corrected chi connectivity index (χ1v) is 6.49. The summed E-state index contributed by atoms with van der Waals surface area (Å²) >= 11 is 0. The molecule has 3 N–H and O–H groups in total. The standard InChI is InChI=1S/C13H31N3/c1-7-12(3)16(6)9-8-13(4,15-5)10-11(2)14/h11-12,15H,7-10,14H2,1-6H3. The summed E-state index contributed by atoms with van der Waals surface area (Å²) in [6, 6.07) is 0.919. The van der Waals surface area contributed by atoms with Gasteiger partial charge in [0.15, 0.2) is 0 Å². The fraction of sp³-hybridized carbons (Fsp3) is 1.00. The lowest BCUT2D eigenvalue weighted by Crippen LogP contribution is -2.46. The van der Waals surface area contributed by atoms with Crippen LogP contribution >= 0.6 is 0 Å². The van der Waals surface area contributed by atoms with Gasteiger partial charge >= 0.3 is 0 Å². The quantitative estimate of drug-likeness (QED) is 0.667. The molecule has 0 bridgehead atoms. The Morgan fingerprint density at radius 2 is 1.94 bits per heavy atom. The number of nitrogens with two attached hydrogens (primary N) is 1. The summed E-state index contributed by atoms with van der Waals surface area (Å²) in [6.07, 6.45) is 3.38. The number of nitrogens with one attached hydrogen (secondary N) is 1. The minimum absolute atomic E-state index is 0.163. The molecule has 0 fully saturated rings. The molecule has 3 unspecified atom stereocenters. The molecule has 0 amide bonds. The van der Waals surface area contributed by atoms with Crippen LogP contribution in [-0.4, -0.2) is 43.2 Å². The molecule has 0 aliphatic carbocycles. The predicted octanol–water partition coefficient (Wildman–Crippen LogP) is 1.82. The summed E-state index contributed by atoms with van der Waals surface area (Å²) in [6.45, 7) is 9.98. The van der Waals surface area contributed by atoms with Crippen LogP contribution in [0.25, 0.3) is 0 Å². The van der Waals surface area contributed by atoms with Crippen molar-refractivity contribution in [2.75, 3.05) is 20.6 Å². The molecule has 3 nitrogen and oxygen atoms in total. The van der Waals surface area contributed by atoms with Crippen molar-refractivity contribution in [1.29, 1.82) is 0 Å². The summed E-state index contributed by atoms with van der Waals surface area (Å²) in [4.78, 5) is 2.43. The van der Waals surface area contributed by atoms with Gasteiger partial charge in [-0.25, -0.2) is 0 Å². The van der Waals surface area contributed by atoms with Gasteiger partial charge in [0, 0.05) is 17.6 Å². The SMILES string of the molecule is CCC(C)N(C)CCC(C)(CC(C)N)NC. The molecular weight excluding hydrogens is 198 g/mol. The molecular formula is C13H31N3. The van der Waals surface area contributed by atoms with Crippen LogP contribution in [0.5, 0.6) is 0 Å². The van der Waals surface area contributed by atoms with E-state index in [1.54, 1.807) is 0 Å². The fourth-order valence-corrected chi connectivity index (χ4v) is 1.99. The van der Waals surface area contributed by atoms with Crippen molar-refractivity contribution in [3.63, 3.8) is 0 Å². The Labute approximate surface area is 102 Å². The molecule has 16 heavy (non-hydrogen) atoms.